The van der Waals surface area contributed by atoms with Crippen molar-refractivity contribution in [2.75, 3.05) is 10.6 Å². The molecule has 158 valence electrons. The van der Waals surface area contributed by atoms with Crippen molar-refractivity contribution in [1.29, 1.82) is 0 Å². The average Bonchev–Trinajstić information content (AvgIpc) is 3.15. The second-order valence-electron chi connectivity index (χ2n) is 6.86. The van der Waals surface area contributed by atoms with Crippen LogP contribution in [0, 0.1) is 13.8 Å². The van der Waals surface area contributed by atoms with E-state index in [9.17, 15) is 22.8 Å². The number of alkyl halides is 3. The molecule has 0 bridgehead atoms. The summed E-state index contributed by atoms with van der Waals surface area (Å²) in [5, 5.41) is 16.9. The predicted octanol–water partition coefficient (Wildman–Crippen LogP) is 4.81. The van der Waals surface area contributed by atoms with Crippen molar-refractivity contribution < 1.29 is 32.7 Å². The summed E-state index contributed by atoms with van der Waals surface area (Å²) in [5.74, 6) is -0.533. The van der Waals surface area contributed by atoms with Crippen LogP contribution >= 0.6 is 0 Å². The van der Waals surface area contributed by atoms with Gasteiger partial charge in [0.25, 0.3) is 11.5 Å². The molecular formula is C20H18F3N3O4. The van der Waals surface area contributed by atoms with Gasteiger partial charge < -0.3 is 15.3 Å². The number of nitrogens with zero attached hydrogens (tertiary/aromatic N) is 1. The van der Waals surface area contributed by atoms with Gasteiger partial charge in [0.1, 0.15) is 0 Å². The van der Waals surface area contributed by atoms with E-state index < -0.39 is 30.2 Å². The summed E-state index contributed by atoms with van der Waals surface area (Å²) in [7, 11) is 0. The highest BCUT2D eigenvalue weighted by Gasteiger charge is 2.60. The number of anilines is 2. The Balaban J connectivity index is 1.90. The topological polar surface area (TPSA) is 100 Å². The van der Waals surface area contributed by atoms with Gasteiger partial charge in [-0.3, -0.25) is 10.1 Å². The molecule has 2 amide bonds. The Morgan fingerprint density at radius 1 is 1.13 bits per heavy atom. The molecule has 0 aliphatic carbocycles. The molecule has 1 unspecified atom stereocenters. The fraction of sp³-hybridized carbons (Fsp3) is 0.250. The first-order chi connectivity index (χ1) is 14.0. The van der Waals surface area contributed by atoms with Crippen molar-refractivity contribution in [3.05, 3.63) is 58.7 Å². The van der Waals surface area contributed by atoms with Crippen LogP contribution in [0.15, 0.2) is 41.6 Å². The number of rotatable bonds is 4. The van der Waals surface area contributed by atoms with Crippen molar-refractivity contribution in [3.63, 3.8) is 0 Å². The number of aryl methyl sites for hydroxylation is 2. The highest BCUT2D eigenvalue weighted by Crippen LogP contribution is 2.47. The molecule has 0 spiro atoms. The van der Waals surface area contributed by atoms with Crippen molar-refractivity contribution >= 4 is 29.6 Å². The van der Waals surface area contributed by atoms with Gasteiger partial charge in [-0.05, 0) is 55.3 Å². The molecule has 1 heterocycles. The van der Waals surface area contributed by atoms with Crippen LogP contribution in [0.3, 0.4) is 0 Å². The summed E-state index contributed by atoms with van der Waals surface area (Å²) in [4.78, 5) is 28.1. The Bertz CT molecular complexity index is 1000. The van der Waals surface area contributed by atoms with Gasteiger partial charge in [-0.1, -0.05) is 11.2 Å². The van der Waals surface area contributed by atoms with E-state index in [4.69, 9.17) is 9.94 Å². The average molecular weight is 421 g/mol. The number of carbonyl (C=O) groups is 2. The SMILES string of the molecule is Cc1cc(C2(C(F)(F)F)CC=NO2)cc(C)c1NC(=O)c1cccc(NC(=O)O)c1. The van der Waals surface area contributed by atoms with E-state index in [-0.39, 0.29) is 16.8 Å². The van der Waals surface area contributed by atoms with Gasteiger partial charge in [0.15, 0.2) is 0 Å². The van der Waals surface area contributed by atoms with Crippen LogP contribution in [0.4, 0.5) is 29.3 Å². The predicted molar refractivity (Wildman–Crippen MR) is 104 cm³/mol. The van der Waals surface area contributed by atoms with Gasteiger partial charge in [-0.2, -0.15) is 13.2 Å². The second-order valence-corrected chi connectivity index (χ2v) is 6.86. The zero-order chi connectivity index (χ0) is 22.1. The minimum absolute atomic E-state index is 0.104. The van der Waals surface area contributed by atoms with Crippen LogP contribution in [-0.4, -0.2) is 29.5 Å². The van der Waals surface area contributed by atoms with Crippen LogP contribution in [-0.2, 0) is 10.4 Å². The van der Waals surface area contributed by atoms with E-state index in [0.717, 1.165) is 6.21 Å². The number of carbonyl (C=O) groups excluding carboxylic acids is 1. The van der Waals surface area contributed by atoms with Crippen LogP contribution < -0.4 is 10.6 Å². The molecule has 2 aromatic rings. The molecule has 0 radical (unpaired) electrons. The lowest BCUT2D eigenvalue weighted by atomic mass is 9.87. The van der Waals surface area contributed by atoms with E-state index in [0.29, 0.717) is 16.8 Å². The Kier molecular flexibility index (Phi) is 5.43. The maximum absolute atomic E-state index is 13.7. The molecule has 0 fully saturated rings. The van der Waals surface area contributed by atoms with Gasteiger partial charge in [-0.15, -0.1) is 0 Å². The van der Waals surface area contributed by atoms with Crippen LogP contribution in [0.25, 0.3) is 0 Å². The molecule has 7 nitrogen and oxygen atoms in total. The third-order valence-electron chi connectivity index (χ3n) is 4.73. The first kappa shape index (κ1) is 21.2. The molecule has 0 saturated heterocycles. The van der Waals surface area contributed by atoms with E-state index in [2.05, 4.69) is 15.8 Å². The van der Waals surface area contributed by atoms with Crippen LogP contribution in [0.1, 0.15) is 33.5 Å². The number of carboxylic acid groups (broad SMARTS) is 1. The highest BCUT2D eigenvalue weighted by molar-refractivity contribution is 6.06. The zero-order valence-electron chi connectivity index (χ0n) is 16.0. The standard InChI is InChI=1S/C20H18F3N3O4/c1-11-8-14(19(20(21,22)23)6-7-24-30-19)9-12(2)16(11)26-17(27)13-4-3-5-15(10-13)25-18(28)29/h3-5,7-10,25H,6H2,1-2H3,(H,26,27)(H,28,29). The monoisotopic (exact) mass is 421 g/mol. The molecule has 1 atom stereocenters. The Morgan fingerprint density at radius 2 is 1.80 bits per heavy atom. The number of oxime groups is 1. The summed E-state index contributed by atoms with van der Waals surface area (Å²) in [6, 6.07) is 8.46. The maximum Gasteiger partial charge on any atom is 0.435 e. The lowest BCUT2D eigenvalue weighted by molar-refractivity contribution is -0.275. The Morgan fingerprint density at radius 3 is 2.33 bits per heavy atom. The molecule has 3 N–H and O–H groups in total. The van der Waals surface area contributed by atoms with Gasteiger partial charge in [0.2, 0.25) is 0 Å². The quantitative estimate of drug-likeness (QED) is 0.660. The minimum atomic E-state index is -4.68. The van der Waals surface area contributed by atoms with Gasteiger partial charge in [-0.25, -0.2) is 4.79 Å². The molecule has 1 aliphatic heterocycles. The highest BCUT2D eigenvalue weighted by atomic mass is 19.4. The number of amides is 2. The first-order valence-corrected chi connectivity index (χ1v) is 8.83. The lowest BCUT2D eigenvalue weighted by Crippen LogP contribution is -2.42. The number of hydrogen-bond donors (Lipinski definition) is 3. The van der Waals surface area contributed by atoms with Gasteiger partial charge >= 0.3 is 12.3 Å². The van der Waals surface area contributed by atoms with Crippen molar-refractivity contribution in [3.8, 4) is 0 Å². The van der Waals surface area contributed by atoms with Crippen LogP contribution in [0.5, 0.6) is 0 Å². The lowest BCUT2D eigenvalue weighted by Gasteiger charge is -2.30. The summed E-state index contributed by atoms with van der Waals surface area (Å²) in [6.45, 7) is 3.16. The van der Waals surface area contributed by atoms with E-state index in [1.54, 1.807) is 13.8 Å². The summed E-state index contributed by atoms with van der Waals surface area (Å²) in [5.41, 5.74) is -1.07. The van der Waals surface area contributed by atoms with E-state index >= 15 is 0 Å². The molecule has 0 saturated carbocycles. The molecular weight excluding hydrogens is 403 g/mol. The fourth-order valence-electron chi connectivity index (χ4n) is 3.27. The maximum atomic E-state index is 13.7. The van der Waals surface area contributed by atoms with Gasteiger partial charge in [0, 0.05) is 35.1 Å². The minimum Gasteiger partial charge on any atom is -0.465 e. The molecule has 10 heteroatoms. The molecule has 1 aliphatic rings. The molecule has 3 rings (SSSR count). The number of benzene rings is 2. The number of nitrogens with one attached hydrogen (secondary N) is 2. The van der Waals surface area contributed by atoms with Gasteiger partial charge in [0.05, 0.1) is 0 Å². The van der Waals surface area contributed by atoms with Crippen molar-refractivity contribution in [2.24, 2.45) is 5.16 Å². The number of hydrogen-bond acceptors (Lipinski definition) is 4. The third kappa shape index (κ3) is 3.93. The van der Waals surface area contributed by atoms with Crippen molar-refractivity contribution in [2.45, 2.75) is 32.0 Å². The third-order valence-corrected chi connectivity index (χ3v) is 4.73. The summed E-state index contributed by atoms with van der Waals surface area (Å²) in [6.07, 6.45) is -5.31. The van der Waals surface area contributed by atoms with Crippen LogP contribution in [0.2, 0.25) is 0 Å². The smallest absolute Gasteiger partial charge is 0.435 e. The van der Waals surface area contributed by atoms with E-state index in [1.165, 1.54) is 36.4 Å². The number of halogens is 3. The van der Waals surface area contributed by atoms with Crippen molar-refractivity contribution in [1.82, 2.24) is 0 Å². The fourth-order valence-corrected chi connectivity index (χ4v) is 3.27. The second kappa shape index (κ2) is 7.69. The first-order valence-electron chi connectivity index (χ1n) is 8.83. The Hall–Kier alpha value is -3.56. The Labute approximate surface area is 169 Å². The summed E-state index contributed by atoms with van der Waals surface area (Å²) < 4.78 is 41.1. The van der Waals surface area contributed by atoms with E-state index in [1.807, 2.05) is 0 Å². The molecule has 30 heavy (non-hydrogen) atoms. The molecule has 0 aromatic heterocycles. The molecule has 2 aromatic carbocycles. The normalized spacial score (nSPS) is 18.0. The summed E-state index contributed by atoms with van der Waals surface area (Å²) >= 11 is 0. The largest absolute Gasteiger partial charge is 0.465 e. The zero-order valence-corrected chi connectivity index (χ0v) is 16.0.